The zero-order valence-corrected chi connectivity index (χ0v) is 7.76. The first-order valence-electron chi connectivity index (χ1n) is 4.37. The number of benzene rings is 1. The summed E-state index contributed by atoms with van der Waals surface area (Å²) >= 11 is 0. The van der Waals surface area contributed by atoms with Crippen LogP contribution in [0.15, 0.2) is 12.1 Å². The lowest BCUT2D eigenvalue weighted by molar-refractivity contribution is 0.0601. The van der Waals surface area contributed by atoms with Gasteiger partial charge in [-0.2, -0.15) is 0 Å². The van der Waals surface area contributed by atoms with E-state index < -0.39 is 11.8 Å². The number of anilines is 1. The monoisotopic (exact) mass is 195 g/mol. The Morgan fingerprint density at radius 2 is 2.36 bits per heavy atom. The Kier molecular flexibility index (Phi) is 2.11. The van der Waals surface area contributed by atoms with Crippen LogP contribution in [0.4, 0.5) is 10.1 Å². The number of rotatable bonds is 1. The maximum atomic E-state index is 13.1. The van der Waals surface area contributed by atoms with Crippen LogP contribution in [0.25, 0.3) is 0 Å². The summed E-state index contributed by atoms with van der Waals surface area (Å²) in [5, 5.41) is 3.04. The van der Waals surface area contributed by atoms with Crippen molar-refractivity contribution in [1.82, 2.24) is 0 Å². The molecule has 0 saturated carbocycles. The number of hydrogen-bond donors (Lipinski definition) is 1. The van der Waals surface area contributed by atoms with Crippen molar-refractivity contribution in [3.05, 3.63) is 29.1 Å². The number of nitrogens with one attached hydrogen (secondary N) is 1. The van der Waals surface area contributed by atoms with Crippen LogP contribution in [0, 0.1) is 5.82 Å². The predicted molar refractivity (Wildman–Crippen MR) is 49.9 cm³/mol. The van der Waals surface area contributed by atoms with Gasteiger partial charge in [-0.15, -0.1) is 0 Å². The zero-order valence-electron chi connectivity index (χ0n) is 7.76. The number of ether oxygens (including phenoxy) is 1. The van der Waals surface area contributed by atoms with E-state index in [0.717, 1.165) is 18.5 Å². The second-order valence-corrected chi connectivity index (χ2v) is 3.16. The third-order valence-electron chi connectivity index (χ3n) is 2.29. The first-order valence-corrected chi connectivity index (χ1v) is 4.37. The summed E-state index contributed by atoms with van der Waals surface area (Å²) in [7, 11) is 1.29. The van der Waals surface area contributed by atoms with E-state index in [1.54, 1.807) is 0 Å². The molecule has 2 rings (SSSR count). The summed E-state index contributed by atoms with van der Waals surface area (Å²) in [6, 6.07) is 2.64. The largest absolute Gasteiger partial charge is 0.465 e. The fraction of sp³-hybridized carbons (Fsp3) is 0.300. The molecule has 4 heteroatoms. The Bertz CT molecular complexity index is 390. The van der Waals surface area contributed by atoms with Crippen LogP contribution >= 0.6 is 0 Å². The minimum absolute atomic E-state index is 0.278. The van der Waals surface area contributed by atoms with E-state index in [0.29, 0.717) is 5.69 Å². The molecular weight excluding hydrogens is 185 g/mol. The van der Waals surface area contributed by atoms with Crippen molar-refractivity contribution in [3.8, 4) is 0 Å². The maximum Gasteiger partial charge on any atom is 0.340 e. The number of carbonyl (C=O) groups is 1. The first-order chi connectivity index (χ1) is 6.72. The van der Waals surface area contributed by atoms with Crippen LogP contribution in [-0.2, 0) is 11.2 Å². The van der Waals surface area contributed by atoms with Crippen LogP contribution in [0.1, 0.15) is 15.9 Å². The van der Waals surface area contributed by atoms with Gasteiger partial charge in [0, 0.05) is 6.54 Å². The minimum atomic E-state index is -0.504. The number of fused-ring (bicyclic) bond motifs is 1. The van der Waals surface area contributed by atoms with Gasteiger partial charge in [0.25, 0.3) is 0 Å². The molecule has 1 heterocycles. The van der Waals surface area contributed by atoms with Gasteiger partial charge in [-0.3, -0.25) is 0 Å². The molecular formula is C10H10FNO2. The summed E-state index contributed by atoms with van der Waals surface area (Å²) in [6.45, 7) is 0.739. The minimum Gasteiger partial charge on any atom is -0.465 e. The van der Waals surface area contributed by atoms with Crippen molar-refractivity contribution in [2.24, 2.45) is 0 Å². The second-order valence-electron chi connectivity index (χ2n) is 3.16. The lowest BCUT2D eigenvalue weighted by atomic mass is 10.1. The lowest BCUT2D eigenvalue weighted by Gasteiger charge is -2.06. The van der Waals surface area contributed by atoms with E-state index >= 15 is 0 Å². The Morgan fingerprint density at radius 3 is 3.07 bits per heavy atom. The van der Waals surface area contributed by atoms with E-state index in [-0.39, 0.29) is 5.56 Å². The molecule has 0 unspecified atom stereocenters. The van der Waals surface area contributed by atoms with Gasteiger partial charge in [0.2, 0.25) is 0 Å². The normalized spacial score (nSPS) is 13.3. The number of halogens is 1. The average Bonchev–Trinajstić information content (AvgIpc) is 2.62. The molecule has 3 nitrogen and oxygen atoms in total. The second kappa shape index (κ2) is 3.29. The Labute approximate surface area is 80.9 Å². The molecule has 0 radical (unpaired) electrons. The van der Waals surface area contributed by atoms with Crippen molar-refractivity contribution in [2.45, 2.75) is 6.42 Å². The SMILES string of the molecule is COC(=O)c1cc(F)cc2c1NCC2. The lowest BCUT2D eigenvalue weighted by Crippen LogP contribution is -2.06. The highest BCUT2D eigenvalue weighted by Crippen LogP contribution is 2.28. The molecule has 0 aromatic heterocycles. The van der Waals surface area contributed by atoms with Crippen LogP contribution in [0.2, 0.25) is 0 Å². The van der Waals surface area contributed by atoms with Gasteiger partial charge < -0.3 is 10.1 Å². The molecule has 0 spiro atoms. The highest BCUT2D eigenvalue weighted by atomic mass is 19.1. The van der Waals surface area contributed by atoms with Crippen molar-refractivity contribution in [2.75, 3.05) is 19.0 Å². The smallest absolute Gasteiger partial charge is 0.340 e. The third-order valence-corrected chi connectivity index (χ3v) is 2.29. The maximum absolute atomic E-state index is 13.1. The van der Waals surface area contributed by atoms with E-state index in [9.17, 15) is 9.18 Å². The van der Waals surface area contributed by atoms with Crippen LogP contribution in [0.5, 0.6) is 0 Å². The van der Waals surface area contributed by atoms with Gasteiger partial charge in [0.15, 0.2) is 0 Å². The van der Waals surface area contributed by atoms with Crippen molar-refractivity contribution in [3.63, 3.8) is 0 Å². The molecule has 0 amide bonds. The fourth-order valence-corrected chi connectivity index (χ4v) is 1.66. The molecule has 0 aliphatic carbocycles. The molecule has 14 heavy (non-hydrogen) atoms. The molecule has 1 aliphatic rings. The topological polar surface area (TPSA) is 38.3 Å². The van der Waals surface area contributed by atoms with Gasteiger partial charge in [0.05, 0.1) is 18.4 Å². The highest BCUT2D eigenvalue weighted by molar-refractivity contribution is 5.97. The van der Waals surface area contributed by atoms with Crippen molar-refractivity contribution in [1.29, 1.82) is 0 Å². The summed E-state index contributed by atoms with van der Waals surface area (Å²) in [5.74, 6) is -0.900. The standard InChI is InChI=1S/C10H10FNO2/c1-14-10(13)8-5-7(11)4-6-2-3-12-9(6)8/h4-5,12H,2-3H2,1H3. The van der Waals surface area contributed by atoms with E-state index in [1.165, 1.54) is 19.2 Å². The average molecular weight is 195 g/mol. The number of esters is 1. The van der Waals surface area contributed by atoms with Crippen molar-refractivity contribution >= 4 is 11.7 Å². The van der Waals surface area contributed by atoms with Gasteiger partial charge in [0.1, 0.15) is 5.82 Å². The molecule has 1 aromatic carbocycles. The molecule has 0 bridgehead atoms. The van der Waals surface area contributed by atoms with Gasteiger partial charge in [-0.1, -0.05) is 0 Å². The molecule has 0 atom stereocenters. The number of carbonyl (C=O) groups excluding carboxylic acids is 1. The molecule has 1 N–H and O–H groups in total. The molecule has 0 fully saturated rings. The predicted octanol–water partition coefficient (Wildman–Crippen LogP) is 1.58. The zero-order chi connectivity index (χ0) is 10.1. The van der Waals surface area contributed by atoms with Gasteiger partial charge in [-0.05, 0) is 24.1 Å². The van der Waals surface area contributed by atoms with Crippen molar-refractivity contribution < 1.29 is 13.9 Å². The quantitative estimate of drug-likeness (QED) is 0.691. The first kappa shape index (κ1) is 8.99. The Morgan fingerprint density at radius 1 is 1.57 bits per heavy atom. The number of methoxy groups -OCH3 is 1. The molecule has 74 valence electrons. The Hall–Kier alpha value is -1.58. The van der Waals surface area contributed by atoms with Crippen LogP contribution < -0.4 is 5.32 Å². The van der Waals surface area contributed by atoms with Gasteiger partial charge in [-0.25, -0.2) is 9.18 Å². The highest BCUT2D eigenvalue weighted by Gasteiger charge is 2.20. The molecule has 0 saturated heterocycles. The number of hydrogen-bond acceptors (Lipinski definition) is 3. The Balaban J connectivity index is 2.54. The summed E-state index contributed by atoms with van der Waals surface area (Å²) in [6.07, 6.45) is 0.747. The van der Waals surface area contributed by atoms with Crippen LogP contribution in [-0.4, -0.2) is 19.6 Å². The summed E-state index contributed by atoms with van der Waals surface area (Å²) in [5.41, 5.74) is 1.82. The fourth-order valence-electron chi connectivity index (χ4n) is 1.66. The summed E-state index contributed by atoms with van der Waals surface area (Å²) in [4.78, 5) is 11.3. The van der Waals surface area contributed by atoms with E-state index in [4.69, 9.17) is 0 Å². The van der Waals surface area contributed by atoms with Crippen LogP contribution in [0.3, 0.4) is 0 Å². The summed E-state index contributed by atoms with van der Waals surface area (Å²) < 4.78 is 17.7. The molecule has 1 aliphatic heterocycles. The van der Waals surface area contributed by atoms with E-state index in [1.807, 2.05) is 0 Å². The molecule has 1 aromatic rings. The third kappa shape index (κ3) is 1.32. The van der Waals surface area contributed by atoms with E-state index in [2.05, 4.69) is 10.1 Å². The van der Waals surface area contributed by atoms with Gasteiger partial charge >= 0.3 is 5.97 Å².